The third-order valence-corrected chi connectivity index (χ3v) is 3.03. The van der Waals surface area contributed by atoms with E-state index in [9.17, 15) is 5.11 Å². The minimum Gasteiger partial charge on any atom is -0.496 e. The molecule has 0 radical (unpaired) electrons. The van der Waals surface area contributed by atoms with Crippen molar-refractivity contribution in [2.45, 2.75) is 39.5 Å². The van der Waals surface area contributed by atoms with Gasteiger partial charge in [0.2, 0.25) is 0 Å². The molecule has 108 valence electrons. The van der Waals surface area contributed by atoms with Gasteiger partial charge in [0, 0.05) is 25.2 Å². The van der Waals surface area contributed by atoms with Gasteiger partial charge in [0.05, 0.1) is 12.7 Å². The Kier molecular flexibility index (Phi) is 5.79. The molecule has 0 saturated carbocycles. The summed E-state index contributed by atoms with van der Waals surface area (Å²) in [7, 11) is 1.65. The summed E-state index contributed by atoms with van der Waals surface area (Å²) in [6.07, 6.45) is 0. The third kappa shape index (κ3) is 5.19. The molecule has 0 atom stereocenters. The number of nitrogens with two attached hydrogens (primary N) is 1. The van der Waals surface area contributed by atoms with Gasteiger partial charge in [-0.25, -0.2) is 0 Å². The summed E-state index contributed by atoms with van der Waals surface area (Å²) in [5, 5.41) is 9.90. The van der Waals surface area contributed by atoms with Gasteiger partial charge < -0.3 is 15.6 Å². The van der Waals surface area contributed by atoms with Crippen LogP contribution >= 0.6 is 0 Å². The van der Waals surface area contributed by atoms with E-state index in [-0.39, 0.29) is 0 Å². The highest BCUT2D eigenvalue weighted by atomic mass is 16.5. The molecular weight excluding hydrogens is 240 g/mol. The molecule has 0 aromatic heterocycles. The van der Waals surface area contributed by atoms with Crippen LogP contribution in [0, 0.1) is 0 Å². The van der Waals surface area contributed by atoms with Crippen molar-refractivity contribution in [1.82, 2.24) is 4.90 Å². The Morgan fingerprint density at radius 3 is 2.53 bits per heavy atom. The van der Waals surface area contributed by atoms with E-state index < -0.39 is 5.60 Å². The number of ether oxygens (including phenoxy) is 1. The lowest BCUT2D eigenvalue weighted by atomic mass is 10.1. The van der Waals surface area contributed by atoms with Gasteiger partial charge in [0.25, 0.3) is 0 Å². The molecule has 0 spiro atoms. The Balaban J connectivity index is 2.80. The zero-order valence-corrected chi connectivity index (χ0v) is 12.4. The van der Waals surface area contributed by atoms with Crippen molar-refractivity contribution in [1.29, 1.82) is 0 Å². The molecule has 1 aromatic carbocycles. The van der Waals surface area contributed by atoms with Crippen LogP contribution in [0.4, 0.5) is 0 Å². The van der Waals surface area contributed by atoms with Crippen LogP contribution in [0.5, 0.6) is 5.75 Å². The zero-order valence-electron chi connectivity index (χ0n) is 12.4. The molecule has 0 unspecified atom stereocenters. The first-order chi connectivity index (χ1) is 8.89. The van der Waals surface area contributed by atoms with Crippen molar-refractivity contribution in [2.24, 2.45) is 5.73 Å². The Morgan fingerprint density at radius 2 is 2.05 bits per heavy atom. The van der Waals surface area contributed by atoms with E-state index in [1.807, 2.05) is 26.0 Å². The normalized spacial score (nSPS) is 11.9. The standard InChI is InChI=1S/C15H26N2O2/c1-5-17(11-15(2,3)18)10-12-6-7-14(19-4)13(8-12)9-16/h6-8,18H,5,9-11,16H2,1-4H3. The number of rotatable bonds is 7. The lowest BCUT2D eigenvalue weighted by Gasteiger charge is -2.28. The average Bonchev–Trinajstić information content (AvgIpc) is 2.36. The highest BCUT2D eigenvalue weighted by Crippen LogP contribution is 2.20. The summed E-state index contributed by atoms with van der Waals surface area (Å²) >= 11 is 0. The van der Waals surface area contributed by atoms with Crippen LogP contribution in [0.3, 0.4) is 0 Å². The maximum atomic E-state index is 9.90. The highest BCUT2D eigenvalue weighted by molar-refractivity contribution is 5.37. The molecular formula is C15H26N2O2. The maximum Gasteiger partial charge on any atom is 0.123 e. The van der Waals surface area contributed by atoms with Crippen LogP contribution in [0.1, 0.15) is 31.9 Å². The van der Waals surface area contributed by atoms with Crippen molar-refractivity contribution in [3.63, 3.8) is 0 Å². The molecule has 19 heavy (non-hydrogen) atoms. The summed E-state index contributed by atoms with van der Waals surface area (Å²) in [5.74, 6) is 0.830. The quantitative estimate of drug-likeness (QED) is 0.789. The molecule has 0 heterocycles. The van der Waals surface area contributed by atoms with Crippen LogP contribution in [-0.4, -0.2) is 35.8 Å². The zero-order chi connectivity index (χ0) is 14.5. The van der Waals surface area contributed by atoms with Crippen molar-refractivity contribution in [3.8, 4) is 5.75 Å². The highest BCUT2D eigenvalue weighted by Gasteiger charge is 2.17. The summed E-state index contributed by atoms with van der Waals surface area (Å²) in [4.78, 5) is 2.21. The second kappa shape index (κ2) is 6.89. The summed E-state index contributed by atoms with van der Waals surface area (Å²) in [6, 6.07) is 6.08. The Labute approximate surface area is 116 Å². The monoisotopic (exact) mass is 266 g/mol. The van der Waals surface area contributed by atoms with E-state index in [2.05, 4.69) is 17.9 Å². The van der Waals surface area contributed by atoms with Gasteiger partial charge in [-0.15, -0.1) is 0 Å². The second-order valence-electron chi connectivity index (χ2n) is 5.47. The molecule has 0 aliphatic heterocycles. The molecule has 3 N–H and O–H groups in total. The van der Waals surface area contributed by atoms with Gasteiger partial charge in [-0.2, -0.15) is 0 Å². The maximum absolute atomic E-state index is 9.90. The molecule has 0 saturated heterocycles. The smallest absolute Gasteiger partial charge is 0.123 e. The van der Waals surface area contributed by atoms with Gasteiger partial charge in [-0.05, 0) is 38.1 Å². The molecule has 1 rings (SSSR count). The number of methoxy groups -OCH3 is 1. The van der Waals surface area contributed by atoms with E-state index in [1.165, 1.54) is 5.56 Å². The SMILES string of the molecule is CCN(Cc1ccc(OC)c(CN)c1)CC(C)(C)O. The lowest BCUT2D eigenvalue weighted by molar-refractivity contribution is 0.0353. The van der Waals surface area contributed by atoms with Gasteiger partial charge in [-0.1, -0.05) is 13.0 Å². The molecule has 4 heteroatoms. The Morgan fingerprint density at radius 1 is 1.37 bits per heavy atom. The minimum atomic E-state index is -0.681. The first-order valence-electron chi connectivity index (χ1n) is 6.70. The lowest BCUT2D eigenvalue weighted by Crippen LogP contribution is -2.38. The van der Waals surface area contributed by atoms with E-state index in [4.69, 9.17) is 10.5 Å². The van der Waals surface area contributed by atoms with Crippen LogP contribution in [0.15, 0.2) is 18.2 Å². The number of hydrogen-bond acceptors (Lipinski definition) is 4. The predicted molar refractivity (Wildman–Crippen MR) is 78.1 cm³/mol. The van der Waals surface area contributed by atoms with Crippen LogP contribution in [-0.2, 0) is 13.1 Å². The van der Waals surface area contributed by atoms with Crippen molar-refractivity contribution in [2.75, 3.05) is 20.2 Å². The van der Waals surface area contributed by atoms with Crippen molar-refractivity contribution < 1.29 is 9.84 Å². The van der Waals surface area contributed by atoms with Gasteiger partial charge in [0.1, 0.15) is 5.75 Å². The van der Waals surface area contributed by atoms with Crippen LogP contribution in [0.2, 0.25) is 0 Å². The second-order valence-corrected chi connectivity index (χ2v) is 5.47. The van der Waals surface area contributed by atoms with Crippen LogP contribution in [0.25, 0.3) is 0 Å². The van der Waals surface area contributed by atoms with Gasteiger partial charge >= 0.3 is 0 Å². The fourth-order valence-electron chi connectivity index (χ4n) is 2.17. The molecule has 0 aliphatic carbocycles. The number of likely N-dealkylation sites (N-methyl/N-ethyl adjacent to an activating group) is 1. The van der Waals surface area contributed by atoms with E-state index in [1.54, 1.807) is 7.11 Å². The van der Waals surface area contributed by atoms with Crippen LogP contribution < -0.4 is 10.5 Å². The largest absolute Gasteiger partial charge is 0.496 e. The first kappa shape index (κ1) is 16.0. The van der Waals surface area contributed by atoms with E-state index >= 15 is 0 Å². The predicted octanol–water partition coefficient (Wildman–Crippen LogP) is 1.75. The molecule has 0 bridgehead atoms. The third-order valence-electron chi connectivity index (χ3n) is 3.03. The number of hydrogen-bond donors (Lipinski definition) is 2. The van der Waals surface area contributed by atoms with Gasteiger partial charge in [0.15, 0.2) is 0 Å². The summed E-state index contributed by atoms with van der Waals surface area (Å²) in [5.41, 5.74) is 7.25. The van der Waals surface area contributed by atoms with E-state index in [0.29, 0.717) is 13.1 Å². The number of aliphatic hydroxyl groups is 1. The fraction of sp³-hybridized carbons (Fsp3) is 0.600. The molecule has 0 fully saturated rings. The minimum absolute atomic E-state index is 0.467. The van der Waals surface area contributed by atoms with Gasteiger partial charge in [-0.3, -0.25) is 4.90 Å². The molecule has 0 aliphatic rings. The fourth-order valence-corrected chi connectivity index (χ4v) is 2.17. The summed E-state index contributed by atoms with van der Waals surface area (Å²) in [6.45, 7) is 8.57. The van der Waals surface area contributed by atoms with E-state index in [0.717, 1.165) is 24.4 Å². The first-order valence-corrected chi connectivity index (χ1v) is 6.70. The van der Waals surface area contributed by atoms with Crippen molar-refractivity contribution >= 4 is 0 Å². The topological polar surface area (TPSA) is 58.7 Å². The number of benzene rings is 1. The van der Waals surface area contributed by atoms with Crippen molar-refractivity contribution in [3.05, 3.63) is 29.3 Å². The molecule has 4 nitrogen and oxygen atoms in total. The molecule has 1 aromatic rings. The summed E-state index contributed by atoms with van der Waals surface area (Å²) < 4.78 is 5.27. The Hall–Kier alpha value is -1.10. The average molecular weight is 266 g/mol. The molecule has 0 amide bonds. The number of nitrogens with zero attached hydrogens (tertiary/aromatic N) is 1. The Bertz CT molecular complexity index is 400.